The van der Waals surface area contributed by atoms with E-state index < -0.39 is 0 Å². The predicted molar refractivity (Wildman–Crippen MR) is 120 cm³/mol. The molecular formula is C22H26ClNOS2. The number of anilines is 1. The van der Waals surface area contributed by atoms with Crippen molar-refractivity contribution in [2.45, 2.75) is 54.9 Å². The number of benzene rings is 2. The van der Waals surface area contributed by atoms with Gasteiger partial charge in [0.25, 0.3) is 0 Å². The maximum atomic E-state index is 12.5. The Bertz CT molecular complexity index is 775. The van der Waals surface area contributed by atoms with Crippen molar-refractivity contribution in [1.82, 2.24) is 0 Å². The minimum atomic E-state index is 0.0921. The minimum Gasteiger partial charge on any atom is -0.325 e. The lowest BCUT2D eigenvalue weighted by atomic mass is 10.00. The van der Waals surface area contributed by atoms with E-state index in [9.17, 15) is 4.79 Å². The summed E-state index contributed by atoms with van der Waals surface area (Å²) in [5, 5.41) is 4.93. The molecule has 1 aliphatic rings. The molecule has 2 nitrogen and oxygen atoms in total. The number of carbonyl (C=O) groups excluding carboxylic acids is 1. The highest BCUT2D eigenvalue weighted by molar-refractivity contribution is 8.04. The first-order valence-corrected chi connectivity index (χ1v) is 11.7. The lowest BCUT2D eigenvalue weighted by molar-refractivity contribution is -0.113. The molecule has 2 aromatic rings. The molecule has 2 atom stereocenters. The summed E-state index contributed by atoms with van der Waals surface area (Å²) in [5.41, 5.74) is 3.18. The van der Waals surface area contributed by atoms with E-state index in [1.165, 1.54) is 30.6 Å². The topological polar surface area (TPSA) is 29.1 Å². The fraction of sp³-hybridized carbons (Fsp3) is 0.409. The highest BCUT2D eigenvalue weighted by Gasteiger charge is 2.27. The molecule has 0 aromatic heterocycles. The van der Waals surface area contributed by atoms with Gasteiger partial charge in [0.2, 0.25) is 5.91 Å². The summed E-state index contributed by atoms with van der Waals surface area (Å²) in [6.45, 7) is 4.07. The van der Waals surface area contributed by atoms with E-state index in [0.29, 0.717) is 16.3 Å². The molecule has 0 heterocycles. The summed E-state index contributed by atoms with van der Waals surface area (Å²) in [6.07, 6.45) is 4.90. The Hall–Kier alpha value is -1.10. The molecule has 0 spiro atoms. The number of hydrogen-bond acceptors (Lipinski definition) is 3. The minimum absolute atomic E-state index is 0.0921. The largest absolute Gasteiger partial charge is 0.325 e. The van der Waals surface area contributed by atoms with Crippen LogP contribution in [0.4, 0.5) is 5.69 Å². The normalized spacial score (nSPS) is 19.7. The second-order valence-corrected chi connectivity index (χ2v) is 10.0. The Balaban J connectivity index is 1.57. The third-order valence-corrected chi connectivity index (χ3v) is 8.12. The summed E-state index contributed by atoms with van der Waals surface area (Å²) in [4.78, 5) is 13.7. The van der Waals surface area contributed by atoms with Gasteiger partial charge in [0.15, 0.2) is 0 Å². The molecule has 27 heavy (non-hydrogen) atoms. The maximum Gasteiger partial charge on any atom is 0.234 e. The first-order chi connectivity index (χ1) is 13.0. The van der Waals surface area contributed by atoms with Crippen molar-refractivity contribution in [3.8, 4) is 0 Å². The van der Waals surface area contributed by atoms with Gasteiger partial charge < -0.3 is 5.32 Å². The number of rotatable bonds is 6. The molecule has 1 saturated carbocycles. The Kier molecular flexibility index (Phi) is 7.57. The molecular weight excluding hydrogens is 394 g/mol. The van der Waals surface area contributed by atoms with Crippen LogP contribution < -0.4 is 5.32 Å². The molecule has 0 bridgehead atoms. The van der Waals surface area contributed by atoms with Crippen molar-refractivity contribution in [2.24, 2.45) is 0 Å². The van der Waals surface area contributed by atoms with Crippen LogP contribution in [0.5, 0.6) is 0 Å². The molecule has 1 fully saturated rings. The van der Waals surface area contributed by atoms with Gasteiger partial charge in [-0.25, -0.2) is 0 Å². The van der Waals surface area contributed by atoms with E-state index in [0.717, 1.165) is 21.8 Å². The van der Waals surface area contributed by atoms with Gasteiger partial charge in [-0.15, -0.1) is 23.5 Å². The number of carbonyl (C=O) groups is 1. The Morgan fingerprint density at radius 3 is 2.44 bits per heavy atom. The van der Waals surface area contributed by atoms with E-state index in [4.69, 9.17) is 11.6 Å². The lowest BCUT2D eigenvalue weighted by Gasteiger charge is -2.30. The van der Waals surface area contributed by atoms with Crippen molar-refractivity contribution >= 4 is 46.7 Å². The van der Waals surface area contributed by atoms with Crippen molar-refractivity contribution in [3.63, 3.8) is 0 Å². The number of nitrogens with one attached hydrogen (secondary N) is 1. The molecule has 144 valence electrons. The van der Waals surface area contributed by atoms with Gasteiger partial charge >= 0.3 is 0 Å². The van der Waals surface area contributed by atoms with Crippen LogP contribution in [0.2, 0.25) is 5.02 Å². The molecule has 2 unspecified atom stereocenters. The molecule has 0 aliphatic heterocycles. The molecule has 3 rings (SSSR count). The maximum absolute atomic E-state index is 12.5. The second-order valence-electron chi connectivity index (χ2n) is 7.06. The van der Waals surface area contributed by atoms with Gasteiger partial charge in [-0.3, -0.25) is 4.79 Å². The summed E-state index contributed by atoms with van der Waals surface area (Å²) in [5.74, 6) is 0.597. The van der Waals surface area contributed by atoms with Crippen LogP contribution in [0.15, 0.2) is 47.4 Å². The first kappa shape index (κ1) is 20.6. The molecule has 1 amide bonds. The number of aryl methyl sites for hydroxylation is 2. The van der Waals surface area contributed by atoms with Crippen molar-refractivity contribution in [1.29, 1.82) is 0 Å². The molecule has 0 radical (unpaired) electrons. The zero-order chi connectivity index (χ0) is 19.2. The van der Waals surface area contributed by atoms with E-state index in [-0.39, 0.29) is 5.91 Å². The van der Waals surface area contributed by atoms with Crippen LogP contribution >= 0.6 is 35.1 Å². The average Bonchev–Trinajstić information content (AvgIpc) is 2.64. The van der Waals surface area contributed by atoms with E-state index in [1.54, 1.807) is 11.8 Å². The Morgan fingerprint density at radius 1 is 1.07 bits per heavy atom. The van der Waals surface area contributed by atoms with Gasteiger partial charge in [-0.05, 0) is 56.0 Å². The number of halogens is 1. The Morgan fingerprint density at radius 2 is 1.74 bits per heavy atom. The van der Waals surface area contributed by atoms with Gasteiger partial charge in [0, 0.05) is 26.1 Å². The summed E-state index contributed by atoms with van der Waals surface area (Å²) in [7, 11) is 0. The highest BCUT2D eigenvalue weighted by Crippen LogP contribution is 2.40. The van der Waals surface area contributed by atoms with Crippen LogP contribution in [0.3, 0.4) is 0 Å². The summed E-state index contributed by atoms with van der Waals surface area (Å²) < 4.78 is 0. The average molecular weight is 420 g/mol. The lowest BCUT2D eigenvalue weighted by Crippen LogP contribution is -2.27. The zero-order valence-corrected chi connectivity index (χ0v) is 18.2. The van der Waals surface area contributed by atoms with Gasteiger partial charge in [0.1, 0.15) is 0 Å². The van der Waals surface area contributed by atoms with Crippen molar-refractivity contribution in [3.05, 3.63) is 58.6 Å². The van der Waals surface area contributed by atoms with Crippen molar-refractivity contribution in [2.75, 3.05) is 11.1 Å². The fourth-order valence-corrected chi connectivity index (χ4v) is 6.53. The predicted octanol–water partition coefficient (Wildman–Crippen LogP) is 6.73. The van der Waals surface area contributed by atoms with Crippen molar-refractivity contribution < 1.29 is 4.79 Å². The summed E-state index contributed by atoms with van der Waals surface area (Å²) >= 11 is 9.85. The zero-order valence-electron chi connectivity index (χ0n) is 15.8. The van der Waals surface area contributed by atoms with E-state index in [2.05, 4.69) is 11.4 Å². The van der Waals surface area contributed by atoms with Crippen LogP contribution in [-0.4, -0.2) is 22.2 Å². The summed E-state index contributed by atoms with van der Waals surface area (Å²) in [6, 6.07) is 14.2. The molecule has 5 heteroatoms. The van der Waals surface area contributed by atoms with Gasteiger partial charge in [-0.1, -0.05) is 48.7 Å². The monoisotopic (exact) mass is 419 g/mol. The fourth-order valence-electron chi connectivity index (χ4n) is 3.47. The number of hydrogen-bond donors (Lipinski definition) is 1. The van der Waals surface area contributed by atoms with Crippen LogP contribution in [0.1, 0.15) is 36.8 Å². The van der Waals surface area contributed by atoms with E-state index >= 15 is 0 Å². The number of thioether (sulfide) groups is 2. The number of para-hydroxylation sites is 1. The SMILES string of the molecule is Cc1cccc(C)c1NC(=O)CSC1CCCCC1Sc1cccc(Cl)c1. The van der Waals surface area contributed by atoms with Crippen LogP contribution in [0.25, 0.3) is 0 Å². The third-order valence-electron chi connectivity index (χ3n) is 4.90. The smallest absolute Gasteiger partial charge is 0.234 e. The first-order valence-electron chi connectivity index (χ1n) is 9.43. The van der Waals surface area contributed by atoms with Gasteiger partial charge in [0.05, 0.1) is 5.75 Å². The van der Waals surface area contributed by atoms with Crippen LogP contribution in [0, 0.1) is 13.8 Å². The van der Waals surface area contributed by atoms with Gasteiger partial charge in [-0.2, -0.15) is 0 Å². The molecule has 1 aliphatic carbocycles. The Labute approximate surface area is 175 Å². The third kappa shape index (κ3) is 5.94. The second kappa shape index (κ2) is 9.90. The quantitative estimate of drug-likeness (QED) is 0.562. The van der Waals surface area contributed by atoms with Crippen LogP contribution in [-0.2, 0) is 4.79 Å². The number of amides is 1. The highest BCUT2D eigenvalue weighted by atomic mass is 35.5. The standard InChI is InChI=1S/C22H26ClNOS2/c1-15-7-5-8-16(2)22(15)24-21(25)14-26-19-11-3-4-12-20(19)27-18-10-6-9-17(23)13-18/h5-10,13,19-20H,3-4,11-12,14H2,1-2H3,(H,24,25). The molecule has 2 aromatic carbocycles. The molecule has 0 saturated heterocycles. The molecule has 1 N–H and O–H groups in total. The van der Waals surface area contributed by atoms with E-state index in [1.807, 2.05) is 62.0 Å².